The van der Waals surface area contributed by atoms with Gasteiger partial charge in [0.05, 0.1) is 12.9 Å². The minimum atomic E-state index is -1.66. The number of nitrogens with zero attached hydrogens (tertiary/aromatic N) is 4. The molecule has 8 nitrogen and oxygen atoms in total. The molecule has 0 bridgehead atoms. The Morgan fingerprint density at radius 1 is 1.43 bits per heavy atom. The average molecular weight is 297 g/mol. The first-order chi connectivity index (χ1) is 10.2. The third-order valence-electron chi connectivity index (χ3n) is 3.44. The Hall–Kier alpha value is -1.84. The standard InChI is InChI=1S/C12H16FN5O3/c1-2-14-10-8-11(16-4-15-10)18(5-17-8)12-9(20)7(13)6(3-19)21-12/h4-7,9,12,19-20H,2-3H2,1H3,(H,14,15,16)/t6-,7-,9-,12-/m1/s1. The van der Waals surface area contributed by atoms with E-state index in [0.29, 0.717) is 23.5 Å². The molecule has 2 aromatic rings. The third kappa shape index (κ3) is 2.23. The Balaban J connectivity index is 2.00. The first kappa shape index (κ1) is 14.1. The number of hydrogen-bond donors (Lipinski definition) is 3. The Labute approximate surface area is 119 Å². The van der Waals surface area contributed by atoms with E-state index in [0.717, 1.165) is 0 Å². The van der Waals surface area contributed by atoms with Gasteiger partial charge in [0.2, 0.25) is 0 Å². The lowest BCUT2D eigenvalue weighted by atomic mass is 10.1. The van der Waals surface area contributed by atoms with Gasteiger partial charge in [-0.25, -0.2) is 19.3 Å². The Morgan fingerprint density at radius 2 is 2.24 bits per heavy atom. The second-order valence-electron chi connectivity index (χ2n) is 4.76. The van der Waals surface area contributed by atoms with E-state index in [1.165, 1.54) is 17.2 Å². The zero-order valence-electron chi connectivity index (χ0n) is 11.3. The van der Waals surface area contributed by atoms with Crippen LogP contribution in [-0.4, -0.2) is 61.3 Å². The van der Waals surface area contributed by atoms with Crippen molar-refractivity contribution in [2.45, 2.75) is 31.5 Å². The van der Waals surface area contributed by atoms with Crippen LogP contribution in [-0.2, 0) is 4.74 Å². The van der Waals surface area contributed by atoms with E-state index < -0.39 is 31.2 Å². The van der Waals surface area contributed by atoms with Crippen LogP contribution in [0.1, 0.15) is 13.2 Å². The summed E-state index contributed by atoms with van der Waals surface area (Å²) in [6.07, 6.45) is -2.31. The lowest BCUT2D eigenvalue weighted by Crippen LogP contribution is -2.29. The van der Waals surface area contributed by atoms with Crippen molar-refractivity contribution in [2.75, 3.05) is 18.5 Å². The van der Waals surface area contributed by atoms with Gasteiger partial charge in [-0.15, -0.1) is 0 Å². The maximum Gasteiger partial charge on any atom is 0.167 e. The van der Waals surface area contributed by atoms with Crippen molar-refractivity contribution in [1.29, 1.82) is 0 Å². The predicted molar refractivity (Wildman–Crippen MR) is 71.4 cm³/mol. The summed E-state index contributed by atoms with van der Waals surface area (Å²) in [5.41, 5.74) is 0.939. The van der Waals surface area contributed by atoms with Gasteiger partial charge in [0.15, 0.2) is 29.4 Å². The van der Waals surface area contributed by atoms with Crippen LogP contribution in [0.3, 0.4) is 0 Å². The van der Waals surface area contributed by atoms with Gasteiger partial charge < -0.3 is 20.3 Å². The summed E-state index contributed by atoms with van der Waals surface area (Å²) in [6.45, 7) is 2.09. The van der Waals surface area contributed by atoms with Gasteiger partial charge in [-0.1, -0.05) is 0 Å². The molecule has 3 rings (SSSR count). The number of aliphatic hydroxyl groups is 2. The minimum Gasteiger partial charge on any atom is -0.394 e. The average Bonchev–Trinajstić information content (AvgIpc) is 3.03. The molecule has 1 aliphatic rings. The number of fused-ring (bicyclic) bond motifs is 1. The zero-order valence-corrected chi connectivity index (χ0v) is 11.3. The smallest absolute Gasteiger partial charge is 0.167 e. The molecule has 114 valence electrons. The van der Waals surface area contributed by atoms with Gasteiger partial charge in [0, 0.05) is 6.54 Å². The fraction of sp³-hybridized carbons (Fsp3) is 0.583. The number of aliphatic hydroxyl groups excluding tert-OH is 2. The van der Waals surface area contributed by atoms with Gasteiger partial charge in [-0.3, -0.25) is 4.57 Å². The quantitative estimate of drug-likeness (QED) is 0.720. The summed E-state index contributed by atoms with van der Waals surface area (Å²) < 4.78 is 20.6. The summed E-state index contributed by atoms with van der Waals surface area (Å²) in [5.74, 6) is 0.559. The van der Waals surface area contributed by atoms with Crippen LogP contribution in [0.25, 0.3) is 11.2 Å². The van der Waals surface area contributed by atoms with Crippen molar-refractivity contribution in [2.24, 2.45) is 0 Å². The van der Waals surface area contributed by atoms with Gasteiger partial charge in [0.1, 0.15) is 18.5 Å². The monoisotopic (exact) mass is 297 g/mol. The fourth-order valence-corrected chi connectivity index (χ4v) is 2.42. The summed E-state index contributed by atoms with van der Waals surface area (Å²) in [5, 5.41) is 22.1. The highest BCUT2D eigenvalue weighted by Crippen LogP contribution is 2.33. The maximum atomic E-state index is 13.8. The summed E-state index contributed by atoms with van der Waals surface area (Å²) >= 11 is 0. The molecular formula is C12H16FN5O3. The molecular weight excluding hydrogens is 281 g/mol. The minimum absolute atomic E-state index is 0.427. The van der Waals surface area contributed by atoms with E-state index in [1.54, 1.807) is 0 Å². The van der Waals surface area contributed by atoms with Crippen molar-refractivity contribution in [3.63, 3.8) is 0 Å². The Kier molecular flexibility index (Phi) is 3.70. The van der Waals surface area contributed by atoms with Crippen molar-refractivity contribution in [1.82, 2.24) is 19.5 Å². The van der Waals surface area contributed by atoms with Crippen LogP contribution in [0.5, 0.6) is 0 Å². The molecule has 1 aliphatic heterocycles. The van der Waals surface area contributed by atoms with Crippen LogP contribution >= 0.6 is 0 Å². The molecule has 0 spiro atoms. The number of hydrogen-bond acceptors (Lipinski definition) is 7. The highest BCUT2D eigenvalue weighted by atomic mass is 19.1. The number of rotatable bonds is 4. The van der Waals surface area contributed by atoms with E-state index in [2.05, 4.69) is 20.3 Å². The maximum absolute atomic E-state index is 13.8. The van der Waals surface area contributed by atoms with E-state index in [4.69, 9.17) is 9.84 Å². The molecule has 1 saturated heterocycles. The number of ether oxygens (including phenoxy) is 1. The van der Waals surface area contributed by atoms with Gasteiger partial charge in [-0.05, 0) is 6.92 Å². The van der Waals surface area contributed by atoms with Crippen molar-refractivity contribution >= 4 is 17.0 Å². The highest BCUT2D eigenvalue weighted by molar-refractivity contribution is 5.82. The first-order valence-electron chi connectivity index (χ1n) is 6.67. The zero-order chi connectivity index (χ0) is 15.0. The molecule has 2 aromatic heterocycles. The van der Waals surface area contributed by atoms with Crippen molar-refractivity contribution < 1.29 is 19.3 Å². The topological polar surface area (TPSA) is 105 Å². The lowest BCUT2D eigenvalue weighted by Gasteiger charge is -2.16. The van der Waals surface area contributed by atoms with Gasteiger partial charge >= 0.3 is 0 Å². The molecule has 4 atom stereocenters. The molecule has 21 heavy (non-hydrogen) atoms. The van der Waals surface area contributed by atoms with Crippen LogP contribution in [0, 0.1) is 0 Å². The molecule has 1 fully saturated rings. The molecule has 0 saturated carbocycles. The normalized spacial score (nSPS) is 29.1. The van der Waals surface area contributed by atoms with Gasteiger partial charge in [0.25, 0.3) is 0 Å². The molecule has 9 heteroatoms. The Morgan fingerprint density at radius 3 is 2.90 bits per heavy atom. The van der Waals surface area contributed by atoms with E-state index in [9.17, 15) is 9.50 Å². The number of halogens is 1. The van der Waals surface area contributed by atoms with E-state index >= 15 is 0 Å². The summed E-state index contributed by atoms with van der Waals surface area (Å²) in [6, 6.07) is 0. The predicted octanol–water partition coefficient (Wildman–Crippen LogP) is -0.153. The molecule has 3 heterocycles. The molecule has 3 N–H and O–H groups in total. The van der Waals surface area contributed by atoms with Crippen LogP contribution < -0.4 is 5.32 Å². The third-order valence-corrected chi connectivity index (χ3v) is 3.44. The molecule has 0 aromatic carbocycles. The number of aromatic nitrogens is 4. The second-order valence-corrected chi connectivity index (χ2v) is 4.76. The number of anilines is 1. The Bertz CT molecular complexity index is 636. The van der Waals surface area contributed by atoms with Crippen molar-refractivity contribution in [3.05, 3.63) is 12.7 Å². The molecule has 0 aliphatic carbocycles. The number of nitrogens with one attached hydrogen (secondary N) is 1. The summed E-state index contributed by atoms with van der Waals surface area (Å²) in [4.78, 5) is 12.4. The van der Waals surface area contributed by atoms with Crippen LogP contribution in [0.4, 0.5) is 10.2 Å². The fourth-order valence-electron chi connectivity index (χ4n) is 2.42. The second kappa shape index (κ2) is 5.51. The highest BCUT2D eigenvalue weighted by Gasteiger charge is 2.45. The van der Waals surface area contributed by atoms with E-state index in [-0.39, 0.29) is 0 Å². The van der Waals surface area contributed by atoms with E-state index in [1.807, 2.05) is 6.92 Å². The van der Waals surface area contributed by atoms with Crippen LogP contribution in [0.2, 0.25) is 0 Å². The largest absolute Gasteiger partial charge is 0.394 e. The van der Waals surface area contributed by atoms with Crippen molar-refractivity contribution in [3.8, 4) is 0 Å². The van der Waals surface area contributed by atoms with Gasteiger partial charge in [-0.2, -0.15) is 0 Å². The SMILES string of the molecule is CCNc1ncnc2c1ncn2[C@@H]1O[C@H](CO)[C@@H](F)[C@H]1O. The summed E-state index contributed by atoms with van der Waals surface area (Å²) in [7, 11) is 0. The molecule has 0 amide bonds. The molecule has 0 radical (unpaired) electrons. The number of alkyl halides is 1. The number of imidazole rings is 1. The molecule has 0 unspecified atom stereocenters. The van der Waals surface area contributed by atoms with Crippen LogP contribution in [0.15, 0.2) is 12.7 Å². The first-order valence-corrected chi connectivity index (χ1v) is 6.67. The lowest BCUT2D eigenvalue weighted by molar-refractivity contribution is -0.0495.